The van der Waals surface area contributed by atoms with Gasteiger partial charge in [0.25, 0.3) is 0 Å². The van der Waals surface area contributed by atoms with E-state index in [2.05, 4.69) is 12.2 Å². The molecule has 110 valence electrons. The summed E-state index contributed by atoms with van der Waals surface area (Å²) in [4.78, 5) is 24.9. The average Bonchev–Trinajstić information content (AvgIpc) is 2.33. The molecule has 1 aliphatic rings. The van der Waals surface area contributed by atoms with E-state index in [0.29, 0.717) is 12.8 Å². The Morgan fingerprint density at radius 1 is 1.47 bits per heavy atom. The molecule has 0 aromatic heterocycles. The summed E-state index contributed by atoms with van der Waals surface area (Å²) in [6, 6.07) is 0.0191. The maximum atomic E-state index is 12.0. The van der Waals surface area contributed by atoms with Gasteiger partial charge in [-0.15, -0.1) is 0 Å². The number of nitrogens with zero attached hydrogens (tertiary/aromatic N) is 1. The summed E-state index contributed by atoms with van der Waals surface area (Å²) in [5.74, 6) is 0.0997. The third-order valence-corrected chi connectivity index (χ3v) is 4.76. The molecule has 0 spiro atoms. The normalized spacial score (nSPS) is 18.3. The predicted octanol–water partition coefficient (Wildman–Crippen LogP) is 2.02. The number of hydrogen-bond acceptors (Lipinski definition) is 3. The maximum absolute atomic E-state index is 12.0. The lowest BCUT2D eigenvalue weighted by Gasteiger charge is -2.38. The highest BCUT2D eigenvalue weighted by Gasteiger charge is 2.44. The molecule has 19 heavy (non-hydrogen) atoms. The monoisotopic (exact) mass is 288 g/mol. The zero-order chi connectivity index (χ0) is 14.5. The number of carbonyl (C=O) groups excluding carboxylic acids is 1. The van der Waals surface area contributed by atoms with Crippen molar-refractivity contribution in [1.29, 1.82) is 0 Å². The number of rotatable bonds is 7. The van der Waals surface area contributed by atoms with Crippen LogP contribution in [0.2, 0.25) is 0 Å². The van der Waals surface area contributed by atoms with Gasteiger partial charge in [-0.25, -0.2) is 4.79 Å². The first-order valence-corrected chi connectivity index (χ1v) is 8.09. The molecule has 0 bridgehead atoms. The van der Waals surface area contributed by atoms with E-state index >= 15 is 0 Å². The minimum Gasteiger partial charge on any atom is -0.481 e. The van der Waals surface area contributed by atoms with E-state index in [1.165, 1.54) is 0 Å². The van der Waals surface area contributed by atoms with E-state index in [1.54, 1.807) is 23.7 Å². The summed E-state index contributed by atoms with van der Waals surface area (Å²) in [7, 11) is 1.77. The van der Waals surface area contributed by atoms with Crippen LogP contribution in [0.25, 0.3) is 0 Å². The Morgan fingerprint density at radius 3 is 2.47 bits per heavy atom. The Kier molecular flexibility index (Phi) is 5.97. The summed E-state index contributed by atoms with van der Waals surface area (Å²) in [5.41, 5.74) is -0.724. The molecule has 1 rings (SSSR count). The fourth-order valence-corrected chi connectivity index (χ4v) is 3.15. The number of carboxylic acid groups (broad SMARTS) is 1. The van der Waals surface area contributed by atoms with Crippen molar-refractivity contribution >= 4 is 23.8 Å². The van der Waals surface area contributed by atoms with Crippen LogP contribution in [0.5, 0.6) is 0 Å². The second-order valence-electron chi connectivity index (χ2n) is 5.23. The van der Waals surface area contributed by atoms with E-state index in [1.807, 2.05) is 6.26 Å². The Hall–Kier alpha value is -0.910. The highest BCUT2D eigenvalue weighted by atomic mass is 32.2. The number of urea groups is 1. The fourth-order valence-electron chi connectivity index (χ4n) is 2.30. The first kappa shape index (κ1) is 16.1. The van der Waals surface area contributed by atoms with Gasteiger partial charge in [0, 0.05) is 25.4 Å². The van der Waals surface area contributed by atoms with E-state index in [4.69, 9.17) is 0 Å². The van der Waals surface area contributed by atoms with E-state index in [-0.39, 0.29) is 18.6 Å². The molecule has 0 saturated heterocycles. The minimum atomic E-state index is -0.794. The fraction of sp³-hybridized carbons (Fsp3) is 0.846. The average molecular weight is 288 g/mol. The molecule has 0 aliphatic heterocycles. The summed E-state index contributed by atoms with van der Waals surface area (Å²) in [6.07, 6.45) is 5.17. The molecule has 0 aromatic rings. The van der Waals surface area contributed by atoms with E-state index in [9.17, 15) is 14.7 Å². The van der Waals surface area contributed by atoms with Crippen LogP contribution in [-0.2, 0) is 4.79 Å². The Labute approximate surface area is 119 Å². The molecule has 2 amide bonds. The maximum Gasteiger partial charge on any atom is 0.317 e. The molecule has 1 aliphatic carbocycles. The van der Waals surface area contributed by atoms with Crippen LogP contribution in [-0.4, -0.2) is 53.6 Å². The highest BCUT2D eigenvalue weighted by Crippen LogP contribution is 2.40. The van der Waals surface area contributed by atoms with Gasteiger partial charge in [0.2, 0.25) is 0 Å². The van der Waals surface area contributed by atoms with Crippen LogP contribution in [0.3, 0.4) is 0 Å². The van der Waals surface area contributed by atoms with Crippen molar-refractivity contribution < 1.29 is 14.7 Å². The molecule has 1 fully saturated rings. The number of carbonyl (C=O) groups is 2. The Balaban J connectivity index is 2.48. The molecule has 2 N–H and O–H groups in total. The number of nitrogens with one attached hydrogen (secondary N) is 1. The van der Waals surface area contributed by atoms with Gasteiger partial charge in [0.05, 0.1) is 5.41 Å². The number of hydrogen-bond donors (Lipinski definition) is 2. The third-order valence-electron chi connectivity index (χ3n) is 4.04. The summed E-state index contributed by atoms with van der Waals surface area (Å²) in [6.45, 7) is 2.29. The molecule has 0 radical (unpaired) electrons. The van der Waals surface area contributed by atoms with Crippen LogP contribution in [0.15, 0.2) is 0 Å². The topological polar surface area (TPSA) is 69.6 Å². The molecule has 5 nitrogen and oxygen atoms in total. The number of aliphatic carboxylic acids is 1. The van der Waals surface area contributed by atoms with Gasteiger partial charge in [-0.05, 0) is 25.5 Å². The molecule has 0 aromatic carbocycles. The molecule has 1 saturated carbocycles. The van der Waals surface area contributed by atoms with Gasteiger partial charge in [0.15, 0.2) is 0 Å². The molecule has 1 unspecified atom stereocenters. The van der Waals surface area contributed by atoms with Crippen molar-refractivity contribution in [3.8, 4) is 0 Å². The van der Waals surface area contributed by atoms with Crippen molar-refractivity contribution in [2.24, 2.45) is 5.41 Å². The molecular weight excluding hydrogens is 264 g/mol. The second-order valence-corrected chi connectivity index (χ2v) is 6.14. The van der Waals surface area contributed by atoms with E-state index < -0.39 is 11.4 Å². The first-order valence-electron chi connectivity index (χ1n) is 6.70. The largest absolute Gasteiger partial charge is 0.481 e. The summed E-state index contributed by atoms with van der Waals surface area (Å²) < 4.78 is 0. The second kappa shape index (κ2) is 7.03. The smallest absolute Gasteiger partial charge is 0.317 e. The van der Waals surface area contributed by atoms with Crippen molar-refractivity contribution in [2.75, 3.05) is 25.6 Å². The SMILES string of the molecule is CCC(CSC)N(C)C(=O)NCC1(C(=O)O)CCC1. The lowest BCUT2D eigenvalue weighted by Crippen LogP contribution is -2.51. The number of carboxylic acids is 1. The van der Waals surface area contributed by atoms with Crippen molar-refractivity contribution in [1.82, 2.24) is 10.2 Å². The number of amides is 2. The molecular formula is C13H24N2O3S. The Morgan fingerprint density at radius 2 is 2.11 bits per heavy atom. The summed E-state index contributed by atoms with van der Waals surface area (Å²) >= 11 is 1.71. The standard InChI is InChI=1S/C13H24N2O3S/c1-4-10(8-19-3)15(2)12(18)14-9-13(11(16)17)6-5-7-13/h10H,4-9H2,1-3H3,(H,14,18)(H,16,17). The van der Waals surface area contributed by atoms with Gasteiger partial charge in [-0.2, -0.15) is 11.8 Å². The zero-order valence-electron chi connectivity index (χ0n) is 11.9. The minimum absolute atomic E-state index is 0.173. The number of thioether (sulfide) groups is 1. The van der Waals surface area contributed by atoms with Gasteiger partial charge < -0.3 is 15.3 Å². The summed E-state index contributed by atoms with van der Waals surface area (Å²) in [5, 5.41) is 12.0. The Bertz CT molecular complexity index is 332. The van der Waals surface area contributed by atoms with Gasteiger partial charge in [0.1, 0.15) is 0 Å². The van der Waals surface area contributed by atoms with E-state index in [0.717, 1.165) is 18.6 Å². The molecule has 1 atom stereocenters. The van der Waals surface area contributed by atoms with Gasteiger partial charge >= 0.3 is 12.0 Å². The van der Waals surface area contributed by atoms with Crippen LogP contribution >= 0.6 is 11.8 Å². The van der Waals surface area contributed by atoms with Crippen molar-refractivity contribution in [3.63, 3.8) is 0 Å². The van der Waals surface area contributed by atoms with Crippen molar-refractivity contribution in [2.45, 2.75) is 38.6 Å². The highest BCUT2D eigenvalue weighted by molar-refractivity contribution is 7.98. The first-order chi connectivity index (χ1) is 8.96. The van der Waals surface area contributed by atoms with Crippen molar-refractivity contribution in [3.05, 3.63) is 0 Å². The van der Waals surface area contributed by atoms with Crippen LogP contribution in [0, 0.1) is 5.41 Å². The lowest BCUT2D eigenvalue weighted by molar-refractivity contribution is -0.153. The third kappa shape index (κ3) is 3.78. The van der Waals surface area contributed by atoms with Crippen LogP contribution < -0.4 is 5.32 Å². The van der Waals surface area contributed by atoms with Crippen LogP contribution in [0.1, 0.15) is 32.6 Å². The molecule has 0 heterocycles. The predicted molar refractivity (Wildman–Crippen MR) is 77.5 cm³/mol. The van der Waals surface area contributed by atoms with Gasteiger partial charge in [-0.3, -0.25) is 4.79 Å². The zero-order valence-corrected chi connectivity index (χ0v) is 12.8. The van der Waals surface area contributed by atoms with Gasteiger partial charge in [-0.1, -0.05) is 13.3 Å². The van der Waals surface area contributed by atoms with Crippen LogP contribution in [0.4, 0.5) is 4.79 Å². The molecule has 6 heteroatoms. The lowest BCUT2D eigenvalue weighted by atomic mass is 9.69. The quantitative estimate of drug-likeness (QED) is 0.752.